The summed E-state index contributed by atoms with van der Waals surface area (Å²) in [5.41, 5.74) is 0.950. The first-order valence-corrected chi connectivity index (χ1v) is 4.62. The Morgan fingerprint density at radius 2 is 2.12 bits per heavy atom. The van der Waals surface area contributed by atoms with E-state index >= 15 is 0 Å². The van der Waals surface area contributed by atoms with E-state index in [0.717, 1.165) is 5.56 Å². The highest BCUT2D eigenvalue weighted by Gasteiger charge is 2.00. The van der Waals surface area contributed by atoms with Gasteiger partial charge >= 0.3 is 0 Å². The van der Waals surface area contributed by atoms with E-state index in [1.54, 1.807) is 6.08 Å². The lowest BCUT2D eigenvalue weighted by Crippen LogP contribution is -2.09. The molecule has 0 saturated heterocycles. The topological polar surface area (TPSA) is 83.6 Å². The fourth-order valence-corrected chi connectivity index (χ4v) is 1.10. The Morgan fingerprint density at radius 3 is 2.81 bits per heavy atom. The molecule has 6 heteroatoms. The maximum atomic E-state index is 11.4. The molecule has 0 aliphatic carbocycles. The number of carbonyl (C=O) groups excluding carboxylic acids is 1. The minimum Gasteiger partial charge on any atom is -0.288 e. The zero-order valence-corrected chi connectivity index (χ0v) is 8.29. The van der Waals surface area contributed by atoms with E-state index in [4.69, 9.17) is 0 Å². The second-order valence-corrected chi connectivity index (χ2v) is 2.97. The monoisotopic (exact) mass is 215 g/mol. The Balaban J connectivity index is 1.95. The highest BCUT2D eigenvalue weighted by Crippen LogP contribution is 2.01. The number of anilines is 1. The fourth-order valence-electron chi connectivity index (χ4n) is 1.10. The van der Waals surface area contributed by atoms with Crippen LogP contribution in [0.15, 0.2) is 36.4 Å². The van der Waals surface area contributed by atoms with Crippen LogP contribution in [0.5, 0.6) is 0 Å². The predicted molar refractivity (Wildman–Crippen MR) is 58.3 cm³/mol. The third kappa shape index (κ3) is 2.74. The third-order valence-electron chi connectivity index (χ3n) is 1.81. The summed E-state index contributed by atoms with van der Waals surface area (Å²) in [4.78, 5) is 11.4. The molecule has 80 valence electrons. The van der Waals surface area contributed by atoms with Crippen molar-refractivity contribution >= 4 is 17.9 Å². The number of aromatic amines is 1. The first kappa shape index (κ1) is 10.0. The Hall–Kier alpha value is -2.50. The summed E-state index contributed by atoms with van der Waals surface area (Å²) < 4.78 is 0. The van der Waals surface area contributed by atoms with Crippen molar-refractivity contribution in [1.29, 1.82) is 0 Å². The van der Waals surface area contributed by atoms with Gasteiger partial charge in [-0.25, -0.2) is 0 Å². The molecular formula is C10H9N5O. The average molecular weight is 215 g/mol. The van der Waals surface area contributed by atoms with Crippen LogP contribution in [0.1, 0.15) is 5.56 Å². The molecule has 1 heterocycles. The fraction of sp³-hybridized carbons (Fsp3) is 0. The van der Waals surface area contributed by atoms with Crippen LogP contribution in [0.25, 0.3) is 6.08 Å². The normalized spacial score (nSPS) is 10.5. The number of carbonyl (C=O) groups is 1. The molecule has 16 heavy (non-hydrogen) atoms. The first-order chi connectivity index (χ1) is 7.84. The molecule has 2 rings (SSSR count). The maximum Gasteiger partial charge on any atom is 0.270 e. The summed E-state index contributed by atoms with van der Waals surface area (Å²) >= 11 is 0. The number of benzene rings is 1. The molecule has 1 aromatic carbocycles. The van der Waals surface area contributed by atoms with E-state index in [1.165, 1.54) is 6.08 Å². The Bertz CT molecular complexity index is 477. The number of nitrogens with zero attached hydrogens (tertiary/aromatic N) is 3. The Morgan fingerprint density at radius 1 is 1.31 bits per heavy atom. The van der Waals surface area contributed by atoms with Crippen LogP contribution >= 0.6 is 0 Å². The standard InChI is InChI=1S/C10H9N5O/c16-9(11-10-12-14-15-13-10)7-6-8-4-2-1-3-5-8/h1-7H,(H2,11,12,13,14,15,16). The highest BCUT2D eigenvalue weighted by molar-refractivity contribution is 6.00. The van der Waals surface area contributed by atoms with Crippen LogP contribution < -0.4 is 5.32 Å². The molecule has 0 unspecified atom stereocenters. The molecule has 1 aromatic heterocycles. The van der Waals surface area contributed by atoms with Gasteiger partial charge in [0, 0.05) is 6.08 Å². The van der Waals surface area contributed by atoms with Crippen LogP contribution in [0.2, 0.25) is 0 Å². The SMILES string of the molecule is O=C(C=Cc1ccccc1)Nc1nn[nH]n1. The van der Waals surface area contributed by atoms with E-state index < -0.39 is 0 Å². The molecule has 0 spiro atoms. The van der Waals surface area contributed by atoms with Crippen LogP contribution in [0.4, 0.5) is 5.95 Å². The van der Waals surface area contributed by atoms with E-state index in [2.05, 4.69) is 25.9 Å². The van der Waals surface area contributed by atoms with Gasteiger partial charge in [0.05, 0.1) is 0 Å². The van der Waals surface area contributed by atoms with Gasteiger partial charge in [0.15, 0.2) is 0 Å². The lowest BCUT2D eigenvalue weighted by molar-refractivity contribution is -0.111. The second kappa shape index (κ2) is 4.83. The molecule has 0 aliphatic rings. The number of nitrogens with one attached hydrogen (secondary N) is 2. The van der Waals surface area contributed by atoms with Gasteiger partial charge in [-0.3, -0.25) is 10.1 Å². The van der Waals surface area contributed by atoms with Gasteiger partial charge < -0.3 is 0 Å². The number of hydrogen-bond acceptors (Lipinski definition) is 4. The first-order valence-electron chi connectivity index (χ1n) is 4.62. The Labute approximate surface area is 91.4 Å². The lowest BCUT2D eigenvalue weighted by Gasteiger charge is -1.93. The number of tetrazole rings is 1. The molecule has 0 aliphatic heterocycles. The number of amides is 1. The zero-order valence-electron chi connectivity index (χ0n) is 8.29. The minimum absolute atomic E-state index is 0.155. The number of H-pyrrole nitrogens is 1. The summed E-state index contributed by atoms with van der Waals surface area (Å²) in [7, 11) is 0. The van der Waals surface area contributed by atoms with Gasteiger partial charge in [-0.1, -0.05) is 35.4 Å². The molecule has 0 radical (unpaired) electrons. The van der Waals surface area contributed by atoms with Crippen molar-refractivity contribution < 1.29 is 4.79 Å². The van der Waals surface area contributed by atoms with E-state index in [9.17, 15) is 4.79 Å². The van der Waals surface area contributed by atoms with Crippen LogP contribution in [-0.2, 0) is 4.79 Å². The largest absolute Gasteiger partial charge is 0.288 e. The van der Waals surface area contributed by atoms with Crippen molar-refractivity contribution in [3.8, 4) is 0 Å². The summed E-state index contributed by atoms with van der Waals surface area (Å²) in [6.45, 7) is 0. The van der Waals surface area contributed by atoms with Crippen molar-refractivity contribution in [3.05, 3.63) is 42.0 Å². The highest BCUT2D eigenvalue weighted by atomic mass is 16.1. The zero-order chi connectivity index (χ0) is 11.2. The maximum absolute atomic E-state index is 11.4. The van der Waals surface area contributed by atoms with Gasteiger partial charge in [0.1, 0.15) is 0 Å². The molecule has 0 fully saturated rings. The third-order valence-corrected chi connectivity index (χ3v) is 1.81. The van der Waals surface area contributed by atoms with Crippen molar-refractivity contribution in [3.63, 3.8) is 0 Å². The summed E-state index contributed by atoms with van der Waals surface area (Å²) in [6.07, 6.45) is 3.11. The number of rotatable bonds is 3. The average Bonchev–Trinajstić information content (AvgIpc) is 2.81. The summed E-state index contributed by atoms with van der Waals surface area (Å²) in [5.74, 6) is -0.145. The molecule has 2 N–H and O–H groups in total. The summed E-state index contributed by atoms with van der Waals surface area (Å²) in [6, 6.07) is 9.51. The van der Waals surface area contributed by atoms with Gasteiger partial charge in [-0.2, -0.15) is 5.21 Å². The predicted octanol–water partition coefficient (Wildman–Crippen LogP) is 0.852. The van der Waals surface area contributed by atoms with Crippen molar-refractivity contribution in [2.75, 3.05) is 5.32 Å². The molecule has 0 atom stereocenters. The molecule has 6 nitrogen and oxygen atoms in total. The van der Waals surface area contributed by atoms with E-state index in [-0.39, 0.29) is 11.9 Å². The molecule has 1 amide bonds. The van der Waals surface area contributed by atoms with Gasteiger partial charge in [0.2, 0.25) is 0 Å². The van der Waals surface area contributed by atoms with Crippen LogP contribution in [-0.4, -0.2) is 26.5 Å². The summed E-state index contributed by atoms with van der Waals surface area (Å²) in [5, 5.41) is 15.2. The van der Waals surface area contributed by atoms with Crippen LogP contribution in [0, 0.1) is 0 Å². The van der Waals surface area contributed by atoms with Gasteiger partial charge in [0.25, 0.3) is 11.9 Å². The molecular weight excluding hydrogens is 206 g/mol. The lowest BCUT2D eigenvalue weighted by atomic mass is 10.2. The smallest absolute Gasteiger partial charge is 0.270 e. The van der Waals surface area contributed by atoms with Crippen molar-refractivity contribution in [2.24, 2.45) is 0 Å². The van der Waals surface area contributed by atoms with Crippen molar-refractivity contribution in [1.82, 2.24) is 20.6 Å². The molecule has 0 bridgehead atoms. The van der Waals surface area contributed by atoms with Crippen LogP contribution in [0.3, 0.4) is 0 Å². The second-order valence-electron chi connectivity index (χ2n) is 2.97. The van der Waals surface area contributed by atoms with E-state index in [1.807, 2.05) is 30.3 Å². The minimum atomic E-state index is -0.301. The van der Waals surface area contributed by atoms with Crippen molar-refractivity contribution in [2.45, 2.75) is 0 Å². The van der Waals surface area contributed by atoms with E-state index in [0.29, 0.717) is 0 Å². The molecule has 2 aromatic rings. The Kier molecular flexibility index (Phi) is 3.03. The van der Waals surface area contributed by atoms with Gasteiger partial charge in [-0.15, -0.1) is 5.10 Å². The van der Waals surface area contributed by atoms with Gasteiger partial charge in [-0.05, 0) is 16.9 Å². The number of hydrogen-bond donors (Lipinski definition) is 2. The number of aromatic nitrogens is 4. The molecule has 0 saturated carbocycles. The quantitative estimate of drug-likeness (QED) is 0.743.